The van der Waals surface area contributed by atoms with Crippen LogP contribution in [0.2, 0.25) is 0 Å². The van der Waals surface area contributed by atoms with Crippen molar-refractivity contribution in [2.24, 2.45) is 0 Å². The minimum atomic E-state index is -0.424. The van der Waals surface area contributed by atoms with E-state index in [1.54, 1.807) is 0 Å². The highest BCUT2D eigenvalue weighted by Crippen LogP contribution is 2.49. The Kier molecular flexibility index (Phi) is 5.82. The van der Waals surface area contributed by atoms with Gasteiger partial charge < -0.3 is 14.4 Å². The highest BCUT2D eigenvalue weighted by molar-refractivity contribution is 9.10. The zero-order valence-electron chi connectivity index (χ0n) is 19.5. The van der Waals surface area contributed by atoms with E-state index in [0.717, 1.165) is 48.2 Å². The minimum absolute atomic E-state index is 0.280. The molecule has 6 rings (SSSR count). The van der Waals surface area contributed by atoms with Crippen LogP contribution in [-0.4, -0.2) is 57.5 Å². The molecule has 4 heterocycles. The summed E-state index contributed by atoms with van der Waals surface area (Å²) in [5.41, 5.74) is 3.17. The van der Waals surface area contributed by atoms with Crippen LogP contribution in [0.3, 0.4) is 0 Å². The van der Waals surface area contributed by atoms with Gasteiger partial charge in [-0.2, -0.15) is 0 Å². The molecule has 0 bridgehead atoms. The molecule has 0 spiro atoms. The fourth-order valence-electron chi connectivity index (χ4n) is 6.43. The summed E-state index contributed by atoms with van der Waals surface area (Å²) < 4.78 is 3.34. The second kappa shape index (κ2) is 8.97. The number of fused-ring (bicyclic) bond motifs is 3. The molecule has 0 saturated carbocycles. The predicted molar refractivity (Wildman–Crippen MR) is 138 cm³/mol. The molecular weight excluding hydrogens is 488 g/mol. The third-order valence-electron chi connectivity index (χ3n) is 8.16. The molecule has 2 fully saturated rings. The van der Waals surface area contributed by atoms with E-state index in [9.17, 15) is 4.79 Å². The molecule has 2 aromatic carbocycles. The quantitative estimate of drug-likeness (QED) is 0.461. The van der Waals surface area contributed by atoms with E-state index in [0.29, 0.717) is 12.5 Å². The molecule has 2 saturated heterocycles. The number of likely N-dealkylation sites (tertiary alicyclic amines) is 2. The molecule has 176 valence electrons. The lowest BCUT2D eigenvalue weighted by atomic mass is 9.79. The van der Waals surface area contributed by atoms with Crippen molar-refractivity contribution in [3.63, 3.8) is 0 Å². The van der Waals surface area contributed by atoms with Gasteiger partial charge in [-0.25, -0.2) is 4.98 Å². The highest BCUT2D eigenvalue weighted by atomic mass is 79.9. The molecule has 3 aromatic rings. The summed E-state index contributed by atoms with van der Waals surface area (Å²) in [6, 6.07) is 17.8. The minimum Gasteiger partial charge on any atom is -0.343 e. The van der Waals surface area contributed by atoms with Crippen molar-refractivity contribution in [1.82, 2.24) is 19.4 Å². The molecule has 1 atom stereocenters. The molecule has 34 heavy (non-hydrogen) atoms. The van der Waals surface area contributed by atoms with Crippen molar-refractivity contribution in [3.8, 4) is 11.4 Å². The molecule has 1 unspecified atom stereocenters. The largest absolute Gasteiger partial charge is 0.343 e. The van der Waals surface area contributed by atoms with Gasteiger partial charge in [0.15, 0.2) is 0 Å². The van der Waals surface area contributed by atoms with E-state index in [-0.39, 0.29) is 5.91 Å². The SMILES string of the molecule is O=C(CCC1(c2ccc(Br)cc2)c2ccccc2-c2nccn21)N1CCC(N2CCCC2)CC1. The summed E-state index contributed by atoms with van der Waals surface area (Å²) in [6.07, 6.45) is 10.1. The maximum absolute atomic E-state index is 13.5. The topological polar surface area (TPSA) is 41.4 Å². The lowest BCUT2D eigenvalue weighted by Gasteiger charge is -2.38. The van der Waals surface area contributed by atoms with Crippen LogP contribution in [0, 0.1) is 0 Å². The van der Waals surface area contributed by atoms with Crippen LogP contribution in [0.1, 0.15) is 49.7 Å². The zero-order chi connectivity index (χ0) is 23.1. The van der Waals surface area contributed by atoms with E-state index >= 15 is 0 Å². The van der Waals surface area contributed by atoms with Crippen LogP contribution in [-0.2, 0) is 10.3 Å². The number of benzene rings is 2. The number of hydrogen-bond acceptors (Lipinski definition) is 3. The second-order valence-corrected chi connectivity index (χ2v) is 10.8. The number of halogens is 1. The van der Waals surface area contributed by atoms with Crippen LogP contribution in [0.15, 0.2) is 65.4 Å². The fraction of sp³-hybridized carbons (Fsp3) is 0.429. The molecule has 1 aromatic heterocycles. The van der Waals surface area contributed by atoms with Crippen molar-refractivity contribution in [1.29, 1.82) is 0 Å². The zero-order valence-corrected chi connectivity index (χ0v) is 21.1. The summed E-state index contributed by atoms with van der Waals surface area (Å²) in [4.78, 5) is 22.9. The summed E-state index contributed by atoms with van der Waals surface area (Å²) in [7, 11) is 0. The Bertz CT molecular complexity index is 1180. The number of imidazole rings is 1. The Hall–Kier alpha value is -2.44. The van der Waals surface area contributed by atoms with Crippen LogP contribution in [0.25, 0.3) is 11.4 Å². The number of hydrogen-bond donors (Lipinski definition) is 0. The summed E-state index contributed by atoms with van der Waals surface area (Å²) in [5.74, 6) is 1.26. The summed E-state index contributed by atoms with van der Waals surface area (Å²) in [6.45, 7) is 4.25. The number of carbonyl (C=O) groups excluding carboxylic acids is 1. The maximum atomic E-state index is 13.5. The Morgan fingerprint density at radius 2 is 1.74 bits per heavy atom. The highest BCUT2D eigenvalue weighted by Gasteiger charge is 2.45. The Morgan fingerprint density at radius 3 is 2.50 bits per heavy atom. The monoisotopic (exact) mass is 518 g/mol. The van der Waals surface area contributed by atoms with Gasteiger partial charge in [0.05, 0.1) is 5.54 Å². The molecule has 3 aliphatic rings. The van der Waals surface area contributed by atoms with Gasteiger partial charge in [-0.1, -0.05) is 52.3 Å². The number of rotatable bonds is 5. The van der Waals surface area contributed by atoms with Crippen molar-refractivity contribution in [3.05, 3.63) is 76.5 Å². The molecule has 6 heteroatoms. The first-order valence-electron chi connectivity index (χ1n) is 12.6. The van der Waals surface area contributed by atoms with Gasteiger partial charge in [0.1, 0.15) is 5.82 Å². The van der Waals surface area contributed by atoms with E-state index in [1.165, 1.54) is 37.1 Å². The predicted octanol–water partition coefficient (Wildman–Crippen LogP) is 5.28. The first kappa shape index (κ1) is 22.1. The van der Waals surface area contributed by atoms with E-state index in [2.05, 4.69) is 85.0 Å². The van der Waals surface area contributed by atoms with Gasteiger partial charge in [0, 0.05) is 48.0 Å². The number of nitrogens with zero attached hydrogens (tertiary/aromatic N) is 4. The van der Waals surface area contributed by atoms with Crippen LogP contribution in [0.4, 0.5) is 0 Å². The number of carbonyl (C=O) groups is 1. The van der Waals surface area contributed by atoms with Gasteiger partial charge >= 0.3 is 0 Å². The Balaban J connectivity index is 1.26. The van der Waals surface area contributed by atoms with E-state index < -0.39 is 5.54 Å². The first-order valence-corrected chi connectivity index (χ1v) is 13.4. The smallest absolute Gasteiger partial charge is 0.222 e. The summed E-state index contributed by atoms with van der Waals surface area (Å²) in [5, 5.41) is 0. The van der Waals surface area contributed by atoms with Crippen molar-refractivity contribution >= 4 is 21.8 Å². The number of aromatic nitrogens is 2. The fourth-order valence-corrected chi connectivity index (χ4v) is 6.70. The lowest BCUT2D eigenvalue weighted by Crippen LogP contribution is -2.46. The third-order valence-corrected chi connectivity index (χ3v) is 8.69. The van der Waals surface area contributed by atoms with Gasteiger partial charge in [0.25, 0.3) is 0 Å². The Morgan fingerprint density at radius 1 is 1.00 bits per heavy atom. The molecule has 3 aliphatic heterocycles. The van der Waals surface area contributed by atoms with E-state index in [1.807, 2.05) is 6.20 Å². The molecule has 1 amide bonds. The van der Waals surface area contributed by atoms with Crippen molar-refractivity contribution in [2.75, 3.05) is 26.2 Å². The van der Waals surface area contributed by atoms with Crippen LogP contribution < -0.4 is 0 Å². The Labute approximate surface area is 209 Å². The summed E-state index contributed by atoms with van der Waals surface area (Å²) >= 11 is 3.59. The number of piperidine rings is 1. The molecule has 0 aliphatic carbocycles. The molecular formula is C28H31BrN4O. The van der Waals surface area contributed by atoms with Gasteiger partial charge in [0.2, 0.25) is 5.91 Å². The standard InChI is InChI=1S/C28H31BrN4O/c29-22-9-7-21(8-10-22)28(25-6-2-1-5-24(25)27-30-15-20-33(27)28)14-11-26(34)32-18-12-23(13-19-32)31-16-3-4-17-31/h1-2,5-10,15,20,23H,3-4,11-14,16-19H2. The van der Waals surface area contributed by atoms with Gasteiger partial charge in [-0.15, -0.1) is 0 Å². The van der Waals surface area contributed by atoms with Crippen molar-refractivity contribution < 1.29 is 4.79 Å². The van der Waals surface area contributed by atoms with Crippen molar-refractivity contribution in [2.45, 2.75) is 50.1 Å². The lowest BCUT2D eigenvalue weighted by molar-refractivity contribution is -0.133. The normalized spacial score (nSPS) is 22.7. The molecule has 0 N–H and O–H groups in total. The molecule has 0 radical (unpaired) electrons. The average molecular weight is 519 g/mol. The molecule has 5 nitrogen and oxygen atoms in total. The first-order chi connectivity index (χ1) is 16.7. The van der Waals surface area contributed by atoms with Gasteiger partial charge in [-0.3, -0.25) is 4.79 Å². The van der Waals surface area contributed by atoms with E-state index in [4.69, 9.17) is 4.98 Å². The van der Waals surface area contributed by atoms with Crippen LogP contribution in [0.5, 0.6) is 0 Å². The van der Waals surface area contributed by atoms with Crippen LogP contribution >= 0.6 is 15.9 Å². The average Bonchev–Trinajstić information content (AvgIpc) is 3.62. The number of amides is 1. The maximum Gasteiger partial charge on any atom is 0.222 e. The third kappa shape index (κ3) is 3.62. The second-order valence-electron chi connectivity index (χ2n) is 9.89. The van der Waals surface area contributed by atoms with Gasteiger partial charge in [-0.05, 0) is 68.5 Å².